The molecule has 1 aliphatic carbocycles. The highest BCUT2D eigenvalue weighted by Crippen LogP contribution is 2.51. The molecule has 11 heteroatoms. The second-order valence-electron chi connectivity index (χ2n) is 10.6. The number of amides is 2. The van der Waals surface area contributed by atoms with E-state index in [4.69, 9.17) is 14.2 Å². The summed E-state index contributed by atoms with van der Waals surface area (Å²) in [5.41, 5.74) is 2.01. The van der Waals surface area contributed by atoms with Gasteiger partial charge in [0, 0.05) is 49.4 Å². The van der Waals surface area contributed by atoms with E-state index in [1.807, 2.05) is 30.3 Å². The number of morpholine rings is 1. The highest BCUT2D eigenvalue weighted by molar-refractivity contribution is 5.96. The Kier molecular flexibility index (Phi) is 9.53. The van der Waals surface area contributed by atoms with Crippen molar-refractivity contribution in [3.05, 3.63) is 70.8 Å². The first-order chi connectivity index (χ1) is 20.4. The van der Waals surface area contributed by atoms with Crippen molar-refractivity contribution in [2.45, 2.75) is 30.6 Å². The van der Waals surface area contributed by atoms with Gasteiger partial charge in [-0.3, -0.25) is 19.3 Å². The van der Waals surface area contributed by atoms with E-state index in [-0.39, 0.29) is 31.1 Å². The molecule has 0 aromatic heterocycles. The molecule has 2 amide bonds. The number of aliphatic hydroxyl groups excluding tert-OH is 2. The first-order valence-electron chi connectivity index (χ1n) is 14.2. The van der Waals surface area contributed by atoms with Crippen molar-refractivity contribution >= 4 is 18.1 Å². The molecule has 2 aliphatic heterocycles. The van der Waals surface area contributed by atoms with E-state index < -0.39 is 30.1 Å². The van der Waals surface area contributed by atoms with Crippen LogP contribution in [0.5, 0.6) is 11.5 Å². The zero-order valence-corrected chi connectivity index (χ0v) is 23.6. The third-order valence-corrected chi connectivity index (χ3v) is 8.05. The number of fused-ring (bicyclic) bond motifs is 3. The van der Waals surface area contributed by atoms with Gasteiger partial charge in [-0.05, 0) is 23.8 Å². The van der Waals surface area contributed by atoms with Crippen LogP contribution in [0.1, 0.15) is 27.4 Å². The third kappa shape index (κ3) is 6.19. The summed E-state index contributed by atoms with van der Waals surface area (Å²) in [5.74, 6) is -0.712. The van der Waals surface area contributed by atoms with Crippen molar-refractivity contribution in [2.75, 3.05) is 59.7 Å². The van der Waals surface area contributed by atoms with E-state index in [9.17, 15) is 24.6 Å². The van der Waals surface area contributed by atoms with Crippen molar-refractivity contribution in [1.29, 1.82) is 0 Å². The second-order valence-corrected chi connectivity index (χ2v) is 10.6. The summed E-state index contributed by atoms with van der Waals surface area (Å²) in [6.07, 6.45) is 0.336. The number of hydrogen-bond acceptors (Lipinski definition) is 9. The predicted molar refractivity (Wildman–Crippen MR) is 153 cm³/mol. The van der Waals surface area contributed by atoms with Gasteiger partial charge >= 0.3 is 0 Å². The molecule has 3 aliphatic rings. The van der Waals surface area contributed by atoms with Gasteiger partial charge in [-0.1, -0.05) is 30.3 Å². The van der Waals surface area contributed by atoms with E-state index in [1.165, 1.54) is 7.11 Å². The van der Waals surface area contributed by atoms with E-state index >= 15 is 0 Å². The number of hydrogen-bond donors (Lipinski definition) is 3. The Morgan fingerprint density at radius 1 is 1.19 bits per heavy atom. The smallest absolute Gasteiger partial charge is 0.247 e. The first kappa shape index (κ1) is 29.7. The third-order valence-electron chi connectivity index (χ3n) is 8.05. The lowest BCUT2D eigenvalue weighted by Crippen LogP contribution is -2.57. The van der Waals surface area contributed by atoms with Crippen molar-refractivity contribution in [2.24, 2.45) is 0 Å². The molecule has 224 valence electrons. The molecule has 4 atom stereocenters. The van der Waals surface area contributed by atoms with Crippen LogP contribution in [0, 0.1) is 0 Å². The number of benzene rings is 2. The van der Waals surface area contributed by atoms with Crippen LogP contribution < -0.4 is 14.8 Å². The minimum Gasteiger partial charge on any atom is -0.493 e. The summed E-state index contributed by atoms with van der Waals surface area (Å²) in [4.78, 5) is 42.9. The van der Waals surface area contributed by atoms with Crippen LogP contribution in [0.25, 0.3) is 0 Å². The number of ether oxygens (including phenoxy) is 3. The maximum absolute atomic E-state index is 13.9. The number of aliphatic hydroxyl groups is 2. The summed E-state index contributed by atoms with van der Waals surface area (Å²) in [6.45, 7) is 3.35. The minimum absolute atomic E-state index is 0.0277. The van der Waals surface area contributed by atoms with Crippen LogP contribution in [0.4, 0.5) is 0 Å². The molecule has 2 aromatic carbocycles. The largest absolute Gasteiger partial charge is 0.493 e. The molecule has 1 saturated heterocycles. The van der Waals surface area contributed by atoms with Gasteiger partial charge in [0.25, 0.3) is 0 Å². The molecule has 0 spiro atoms. The summed E-state index contributed by atoms with van der Waals surface area (Å²) >= 11 is 0. The fourth-order valence-corrected chi connectivity index (χ4v) is 5.94. The SMILES string of the molecule is COc1cc(C=O)cc2c1O[C@@H]1[C@@H](O)[C@H](N(CCN3CCOCC3)C(=O)Cc3ccccc3)C=C(C(=O)NCCO)[C@H]21. The standard InChI is InChI=1S/C31H37N3O8/c1-40-25-16-21(19-36)15-22-27-23(31(39)32-7-12-35)18-24(28(38)30(27)42-29(22)25)34(9-8-33-10-13-41-14-11-33)26(37)17-20-5-3-2-4-6-20/h2-6,15-16,18-19,24,27-28,30,35,38H,7-14,17H2,1H3,(H,32,39)/t24-,27+,28+,30+/m1/s1. The van der Waals surface area contributed by atoms with E-state index in [0.717, 1.165) is 18.7 Å². The van der Waals surface area contributed by atoms with Gasteiger partial charge in [-0.2, -0.15) is 0 Å². The average molecular weight is 580 g/mol. The predicted octanol–water partition coefficient (Wildman–Crippen LogP) is 0.534. The molecule has 2 aromatic rings. The highest BCUT2D eigenvalue weighted by Gasteiger charge is 2.51. The van der Waals surface area contributed by atoms with E-state index in [0.29, 0.717) is 55.2 Å². The summed E-state index contributed by atoms with van der Waals surface area (Å²) in [6, 6.07) is 11.7. The summed E-state index contributed by atoms with van der Waals surface area (Å²) < 4.78 is 17.2. The van der Waals surface area contributed by atoms with Crippen LogP contribution in [-0.4, -0.2) is 116 Å². The molecule has 0 radical (unpaired) electrons. The second kappa shape index (κ2) is 13.5. The molecule has 0 saturated carbocycles. The van der Waals surface area contributed by atoms with Crippen molar-refractivity contribution in [1.82, 2.24) is 15.1 Å². The average Bonchev–Trinajstić information content (AvgIpc) is 3.41. The topological polar surface area (TPSA) is 138 Å². The molecule has 42 heavy (non-hydrogen) atoms. The lowest BCUT2D eigenvalue weighted by atomic mass is 9.77. The van der Waals surface area contributed by atoms with Crippen molar-refractivity contribution < 1.29 is 38.8 Å². The van der Waals surface area contributed by atoms with Gasteiger partial charge in [-0.25, -0.2) is 0 Å². The maximum Gasteiger partial charge on any atom is 0.247 e. The molecule has 0 unspecified atom stereocenters. The Morgan fingerprint density at radius 3 is 2.64 bits per heavy atom. The van der Waals surface area contributed by atoms with Crippen molar-refractivity contribution in [3.63, 3.8) is 0 Å². The summed E-state index contributed by atoms with van der Waals surface area (Å²) in [5, 5.41) is 23.9. The Bertz CT molecular complexity index is 1310. The number of rotatable bonds is 11. The zero-order chi connectivity index (χ0) is 29.6. The van der Waals surface area contributed by atoms with Crippen LogP contribution in [-0.2, 0) is 20.7 Å². The van der Waals surface area contributed by atoms with Gasteiger partial charge < -0.3 is 34.6 Å². The van der Waals surface area contributed by atoms with E-state index in [2.05, 4.69) is 10.2 Å². The maximum atomic E-state index is 13.9. The molecule has 11 nitrogen and oxygen atoms in total. The van der Waals surface area contributed by atoms with Crippen LogP contribution in [0.15, 0.2) is 54.1 Å². The number of aldehydes is 1. The molecular weight excluding hydrogens is 542 g/mol. The molecule has 5 rings (SSSR count). The van der Waals surface area contributed by atoms with Gasteiger partial charge in [0.15, 0.2) is 11.5 Å². The van der Waals surface area contributed by atoms with Crippen LogP contribution in [0.3, 0.4) is 0 Å². The Labute approximate surface area is 244 Å². The van der Waals surface area contributed by atoms with Gasteiger partial charge in [0.1, 0.15) is 18.5 Å². The van der Waals surface area contributed by atoms with Crippen molar-refractivity contribution in [3.8, 4) is 11.5 Å². The van der Waals surface area contributed by atoms with Gasteiger partial charge in [0.2, 0.25) is 11.8 Å². The monoisotopic (exact) mass is 579 g/mol. The van der Waals surface area contributed by atoms with Crippen LogP contribution >= 0.6 is 0 Å². The quantitative estimate of drug-likeness (QED) is 0.326. The number of methoxy groups -OCH3 is 1. The minimum atomic E-state index is -1.19. The number of carbonyl (C=O) groups excluding carboxylic acids is 3. The normalized spacial score (nSPS) is 23.2. The Hall–Kier alpha value is -3.77. The fourth-order valence-electron chi connectivity index (χ4n) is 5.94. The van der Waals surface area contributed by atoms with Gasteiger partial charge in [-0.15, -0.1) is 0 Å². The van der Waals surface area contributed by atoms with Gasteiger partial charge in [0.05, 0.1) is 45.3 Å². The van der Waals surface area contributed by atoms with Crippen LogP contribution in [0.2, 0.25) is 0 Å². The molecule has 2 heterocycles. The molecular formula is C31H37N3O8. The zero-order valence-electron chi connectivity index (χ0n) is 23.6. The number of nitrogens with zero attached hydrogens (tertiary/aromatic N) is 2. The first-order valence-corrected chi connectivity index (χ1v) is 14.2. The molecule has 3 N–H and O–H groups in total. The molecule has 1 fully saturated rings. The fraction of sp³-hybridized carbons (Fsp3) is 0.452. The molecule has 0 bridgehead atoms. The van der Waals surface area contributed by atoms with E-state index in [1.54, 1.807) is 23.1 Å². The number of nitrogens with one attached hydrogen (secondary N) is 1. The number of carbonyl (C=O) groups is 3. The Balaban J connectivity index is 1.53. The lowest BCUT2D eigenvalue weighted by molar-refractivity contribution is -0.137. The highest BCUT2D eigenvalue weighted by atomic mass is 16.5. The Morgan fingerprint density at radius 2 is 1.95 bits per heavy atom. The summed E-state index contributed by atoms with van der Waals surface area (Å²) in [7, 11) is 1.45. The lowest BCUT2D eigenvalue weighted by Gasteiger charge is -2.41.